The van der Waals surface area contributed by atoms with Crippen molar-refractivity contribution in [2.45, 2.75) is 65.4 Å². The minimum atomic E-state index is -0.535. The van der Waals surface area contributed by atoms with Crippen molar-refractivity contribution in [3.05, 3.63) is 84.5 Å². The van der Waals surface area contributed by atoms with E-state index in [9.17, 15) is 30.3 Å². The predicted molar refractivity (Wildman–Crippen MR) is 182 cm³/mol. The molecule has 0 spiro atoms. The maximum atomic E-state index is 10.5. The quantitative estimate of drug-likeness (QED) is 0.249. The van der Waals surface area contributed by atoms with Crippen molar-refractivity contribution < 1.29 is 29.2 Å². The van der Waals surface area contributed by atoms with Crippen molar-refractivity contribution >= 4 is 54.4 Å². The molecule has 0 radical (unpaired) electrons. The van der Waals surface area contributed by atoms with Gasteiger partial charge in [-0.25, -0.2) is 0 Å². The molecular formula is C28H40B3BrN6O8. The van der Waals surface area contributed by atoms with Crippen LogP contribution in [-0.4, -0.2) is 98.1 Å². The average molecular weight is 701 g/mol. The lowest BCUT2D eigenvalue weighted by Gasteiger charge is -2.32. The Balaban J connectivity index is 0.000000196. The number of nitrogens with zero attached hydrogens (tertiary/aromatic N) is 6. The lowest BCUT2D eigenvalue weighted by molar-refractivity contribution is -0.389. The number of pyridine rings is 2. The van der Waals surface area contributed by atoms with E-state index in [0.29, 0.717) is 6.54 Å². The minimum Gasteiger partial charge on any atom is -0.437 e. The first kappa shape index (κ1) is 37.5. The maximum absolute atomic E-state index is 10.5. The molecule has 5 heterocycles. The molecule has 1 saturated heterocycles. The summed E-state index contributed by atoms with van der Waals surface area (Å²) < 4.78 is 12.8. The van der Waals surface area contributed by atoms with Crippen LogP contribution in [0.3, 0.4) is 0 Å². The molecule has 0 atom stereocenters. The Kier molecular flexibility index (Phi) is 13.2. The normalized spacial score (nSPS) is 19.0. The van der Waals surface area contributed by atoms with Gasteiger partial charge in [0, 0.05) is 30.8 Å². The highest BCUT2D eigenvalue weighted by Crippen LogP contribution is 2.39. The van der Waals surface area contributed by atoms with Crippen molar-refractivity contribution in [2.24, 2.45) is 0 Å². The van der Waals surface area contributed by atoms with Gasteiger partial charge in [-0.05, 0) is 126 Å². The van der Waals surface area contributed by atoms with Crippen LogP contribution in [0.1, 0.15) is 46.1 Å². The molecular weight excluding hydrogens is 661 g/mol. The first-order chi connectivity index (χ1) is 21.5. The first-order valence-corrected chi connectivity index (χ1v) is 15.7. The van der Waals surface area contributed by atoms with E-state index in [0.717, 1.165) is 48.1 Å². The topological polar surface area (TPSA) is 177 Å². The van der Waals surface area contributed by atoms with Gasteiger partial charge in [-0.3, -0.25) is 0 Å². The smallest absolute Gasteiger partial charge is 0.437 e. The number of nitro groups is 2. The summed E-state index contributed by atoms with van der Waals surface area (Å²) in [6.45, 7) is 14.9. The molecule has 2 N–H and O–H groups in total. The fraction of sp³-hybridized carbons (Fsp3) is 0.500. The fourth-order valence-corrected chi connectivity index (χ4v) is 4.93. The van der Waals surface area contributed by atoms with Crippen LogP contribution < -0.4 is 0 Å². The van der Waals surface area contributed by atoms with Gasteiger partial charge >= 0.3 is 32.9 Å². The fourth-order valence-electron chi connectivity index (χ4n) is 4.69. The second-order valence-corrected chi connectivity index (χ2v) is 13.0. The Hall–Kier alpha value is -2.99. The van der Waals surface area contributed by atoms with Crippen LogP contribution in [0.25, 0.3) is 5.57 Å². The van der Waals surface area contributed by atoms with E-state index in [4.69, 9.17) is 9.31 Å². The van der Waals surface area contributed by atoms with Gasteiger partial charge in [-0.2, -0.15) is 0 Å². The zero-order valence-electron chi connectivity index (χ0n) is 27.0. The summed E-state index contributed by atoms with van der Waals surface area (Å²) in [5.41, 5.74) is 2.67. The average Bonchev–Trinajstić information content (AvgIpc) is 3.24. The van der Waals surface area contributed by atoms with E-state index in [1.54, 1.807) is 25.8 Å². The summed E-state index contributed by atoms with van der Waals surface area (Å²) in [6.07, 6.45) is 8.77. The first-order valence-electron chi connectivity index (χ1n) is 15.0. The third-order valence-corrected chi connectivity index (χ3v) is 8.80. The van der Waals surface area contributed by atoms with Gasteiger partial charge in [-0.1, -0.05) is 12.2 Å². The molecule has 0 aliphatic carbocycles. The molecule has 0 saturated carbocycles. The van der Waals surface area contributed by atoms with Crippen molar-refractivity contribution in [1.29, 1.82) is 0 Å². The summed E-state index contributed by atoms with van der Waals surface area (Å²) >= 11 is 3.11. The van der Waals surface area contributed by atoms with Gasteiger partial charge in [0.25, 0.3) is 0 Å². The van der Waals surface area contributed by atoms with Gasteiger partial charge < -0.3 is 49.2 Å². The molecule has 5 rings (SSSR count). The van der Waals surface area contributed by atoms with Crippen molar-refractivity contribution in [2.75, 3.05) is 26.2 Å². The summed E-state index contributed by atoms with van der Waals surface area (Å²) in [5.74, 6) is -0.274. The molecule has 46 heavy (non-hydrogen) atoms. The van der Waals surface area contributed by atoms with E-state index in [-0.39, 0.29) is 37.0 Å². The summed E-state index contributed by atoms with van der Waals surface area (Å²) in [6, 6.07) is 6.04. The lowest BCUT2D eigenvalue weighted by atomic mass is 9.72. The third-order valence-electron chi connectivity index (χ3n) is 8.33. The Morgan fingerprint density at radius 1 is 0.848 bits per heavy atom. The highest BCUT2D eigenvalue weighted by molar-refractivity contribution is 9.10. The molecule has 3 aliphatic rings. The Morgan fingerprint density at radius 3 is 1.72 bits per heavy atom. The van der Waals surface area contributed by atoms with Gasteiger partial charge in [-0.15, -0.1) is 0 Å². The molecule has 2 aromatic rings. The second-order valence-electron chi connectivity index (χ2n) is 12.1. The SMILES string of the molecule is CB(O)N1CC=C(B2OC(C)(C)C(C)(C)O2)CC1.CB(O)N1CC=C(c2ccc([N+](=O)[O-])nc2)CC1.O=[N+]([O-])c1ccc(Br)cn1. The molecule has 0 amide bonds. The largest absolute Gasteiger partial charge is 0.490 e. The third kappa shape index (κ3) is 10.3. The molecule has 18 heteroatoms. The van der Waals surface area contributed by atoms with E-state index in [1.807, 2.05) is 15.7 Å². The number of aromatic nitrogens is 2. The second kappa shape index (κ2) is 16.2. The van der Waals surface area contributed by atoms with Crippen LogP contribution in [0.2, 0.25) is 13.6 Å². The van der Waals surface area contributed by atoms with Crippen LogP contribution in [-0.2, 0) is 9.31 Å². The van der Waals surface area contributed by atoms with Crippen LogP contribution >= 0.6 is 15.9 Å². The minimum absolute atomic E-state index is 0.136. The van der Waals surface area contributed by atoms with Crippen LogP contribution in [0.5, 0.6) is 0 Å². The summed E-state index contributed by atoms with van der Waals surface area (Å²) in [4.78, 5) is 30.8. The molecule has 0 aromatic carbocycles. The Morgan fingerprint density at radius 2 is 1.35 bits per heavy atom. The van der Waals surface area contributed by atoms with E-state index < -0.39 is 16.9 Å². The van der Waals surface area contributed by atoms with Crippen LogP contribution in [0.4, 0.5) is 11.6 Å². The van der Waals surface area contributed by atoms with E-state index in [1.165, 1.54) is 30.0 Å². The molecule has 246 valence electrons. The van der Waals surface area contributed by atoms with Crippen molar-refractivity contribution in [1.82, 2.24) is 19.6 Å². The molecule has 0 unspecified atom stereocenters. The molecule has 1 fully saturated rings. The molecule has 0 bridgehead atoms. The van der Waals surface area contributed by atoms with E-state index in [2.05, 4.69) is 59.7 Å². The highest BCUT2D eigenvalue weighted by atomic mass is 79.9. The monoisotopic (exact) mass is 700 g/mol. The van der Waals surface area contributed by atoms with Crippen LogP contribution in [0.15, 0.2) is 58.8 Å². The zero-order valence-corrected chi connectivity index (χ0v) is 28.6. The Labute approximate surface area is 278 Å². The zero-order chi connectivity index (χ0) is 34.2. The van der Waals surface area contributed by atoms with Gasteiger partial charge in [0.2, 0.25) is 0 Å². The maximum Gasteiger partial charge on any atom is 0.490 e. The highest BCUT2D eigenvalue weighted by Gasteiger charge is 2.52. The standard InChI is InChI=1S/C12H23B2NO3.C11H14BN3O3.C5H3BrN2O2/c1-11(2)12(3,4)18-14(17-11)10-6-8-15(9-7-10)13(5)16;1-12(16)14-6-4-9(5-7-14)10-2-3-11(13-8-10)15(17)18;6-4-1-2-5(7-3-4)8(9)10/h6,16H,7-9H2,1-5H3;2-4,8,16H,5-7H2,1H3;1-3H. The van der Waals surface area contributed by atoms with Gasteiger partial charge in [0.15, 0.2) is 6.20 Å². The van der Waals surface area contributed by atoms with Gasteiger partial charge in [0.05, 0.1) is 15.7 Å². The summed E-state index contributed by atoms with van der Waals surface area (Å²) in [7, 11) is -1.06. The molecule has 14 nitrogen and oxygen atoms in total. The van der Waals surface area contributed by atoms with Crippen molar-refractivity contribution in [3.8, 4) is 0 Å². The van der Waals surface area contributed by atoms with E-state index >= 15 is 0 Å². The number of hydrogen-bond donors (Lipinski definition) is 2. The van der Waals surface area contributed by atoms with Crippen LogP contribution in [0, 0.1) is 20.2 Å². The molecule has 3 aliphatic heterocycles. The predicted octanol–water partition coefficient (Wildman–Crippen LogP) is 4.30. The lowest BCUT2D eigenvalue weighted by Crippen LogP contribution is -2.41. The Bertz CT molecular complexity index is 1390. The molecule has 2 aromatic heterocycles. The summed E-state index contributed by atoms with van der Waals surface area (Å²) in [5, 5.41) is 39.5. The number of hydrogen-bond acceptors (Lipinski definition) is 12. The van der Waals surface area contributed by atoms with Crippen molar-refractivity contribution in [3.63, 3.8) is 0 Å². The van der Waals surface area contributed by atoms with Gasteiger partial charge in [0.1, 0.15) is 6.20 Å². The number of rotatable bonds is 6. The number of halogens is 1.